The first-order chi connectivity index (χ1) is 9.40. The van der Waals surface area contributed by atoms with Gasteiger partial charge in [0, 0.05) is 7.11 Å². The molecule has 0 aliphatic heterocycles. The van der Waals surface area contributed by atoms with Gasteiger partial charge >= 0.3 is 11.9 Å². The SMILES string of the molecule is COC(=O)c1nc(C#CC(C)OC)c(Cl)nc1C(=O)O. The van der Waals surface area contributed by atoms with Crippen LogP contribution >= 0.6 is 11.6 Å². The van der Waals surface area contributed by atoms with Gasteiger partial charge in [-0.3, -0.25) is 0 Å². The van der Waals surface area contributed by atoms with Gasteiger partial charge in [0.05, 0.1) is 7.11 Å². The minimum atomic E-state index is -1.44. The molecule has 1 aromatic rings. The molecule has 0 aliphatic rings. The van der Waals surface area contributed by atoms with Gasteiger partial charge in [0.1, 0.15) is 6.10 Å². The first-order valence-corrected chi connectivity index (χ1v) is 5.72. The van der Waals surface area contributed by atoms with Crippen LogP contribution in [0.3, 0.4) is 0 Å². The Balaban J connectivity index is 3.38. The van der Waals surface area contributed by atoms with Crippen molar-refractivity contribution in [2.75, 3.05) is 14.2 Å². The maximum Gasteiger partial charge on any atom is 0.359 e. The van der Waals surface area contributed by atoms with Gasteiger partial charge in [-0.1, -0.05) is 17.5 Å². The van der Waals surface area contributed by atoms with Crippen LogP contribution in [0, 0.1) is 11.8 Å². The predicted octanol–water partition coefficient (Wildman–Crippen LogP) is 1.00. The van der Waals surface area contributed by atoms with Gasteiger partial charge in [-0.2, -0.15) is 0 Å². The quantitative estimate of drug-likeness (QED) is 0.656. The van der Waals surface area contributed by atoms with E-state index >= 15 is 0 Å². The monoisotopic (exact) mass is 298 g/mol. The number of carboxylic acids is 1. The fourth-order valence-corrected chi connectivity index (χ4v) is 1.29. The third kappa shape index (κ3) is 3.66. The highest BCUT2D eigenvalue weighted by molar-refractivity contribution is 6.30. The average molecular weight is 299 g/mol. The molecule has 1 atom stereocenters. The summed E-state index contributed by atoms with van der Waals surface area (Å²) in [5, 5.41) is 8.74. The number of halogens is 1. The normalized spacial score (nSPS) is 11.2. The van der Waals surface area contributed by atoms with Crippen molar-refractivity contribution in [3.63, 3.8) is 0 Å². The van der Waals surface area contributed by atoms with Crippen LogP contribution in [-0.4, -0.2) is 47.3 Å². The van der Waals surface area contributed by atoms with Gasteiger partial charge < -0.3 is 14.6 Å². The highest BCUT2D eigenvalue weighted by Gasteiger charge is 2.23. The number of hydrogen-bond donors (Lipinski definition) is 1. The van der Waals surface area contributed by atoms with Crippen molar-refractivity contribution in [3.05, 3.63) is 22.2 Å². The highest BCUT2D eigenvalue weighted by Crippen LogP contribution is 2.14. The topological polar surface area (TPSA) is 98.6 Å². The van der Waals surface area contributed by atoms with Gasteiger partial charge in [-0.05, 0) is 12.8 Å². The van der Waals surface area contributed by atoms with Crippen molar-refractivity contribution in [2.45, 2.75) is 13.0 Å². The summed E-state index contributed by atoms with van der Waals surface area (Å²) in [6.07, 6.45) is -0.381. The Kier molecular flexibility index (Phi) is 5.43. The van der Waals surface area contributed by atoms with Gasteiger partial charge in [0.25, 0.3) is 0 Å². The Morgan fingerprint density at radius 1 is 1.30 bits per heavy atom. The second-order valence-corrected chi connectivity index (χ2v) is 3.86. The lowest BCUT2D eigenvalue weighted by molar-refractivity contribution is 0.0573. The largest absolute Gasteiger partial charge is 0.476 e. The minimum absolute atomic E-state index is 0.0269. The van der Waals surface area contributed by atoms with Crippen LogP contribution in [0.25, 0.3) is 0 Å². The summed E-state index contributed by atoms with van der Waals surface area (Å²) >= 11 is 5.79. The summed E-state index contributed by atoms with van der Waals surface area (Å²) in [5.41, 5.74) is -1.08. The summed E-state index contributed by atoms with van der Waals surface area (Å²) in [7, 11) is 2.57. The fraction of sp³-hybridized carbons (Fsp3) is 0.333. The molecular weight excluding hydrogens is 288 g/mol. The Morgan fingerprint density at radius 3 is 2.45 bits per heavy atom. The van der Waals surface area contributed by atoms with Gasteiger partial charge in [-0.25, -0.2) is 19.6 Å². The number of carboxylic acid groups (broad SMARTS) is 1. The second-order valence-electron chi connectivity index (χ2n) is 3.50. The molecule has 1 rings (SSSR count). The molecule has 0 spiro atoms. The fourth-order valence-electron chi connectivity index (χ4n) is 1.11. The zero-order valence-corrected chi connectivity index (χ0v) is 11.7. The number of aromatic nitrogens is 2. The number of methoxy groups -OCH3 is 2. The van der Waals surface area contributed by atoms with Crippen molar-refractivity contribution in [1.29, 1.82) is 0 Å². The number of rotatable bonds is 3. The molecule has 1 unspecified atom stereocenters. The molecule has 0 bridgehead atoms. The zero-order chi connectivity index (χ0) is 15.3. The molecule has 0 aromatic carbocycles. The Labute approximate surface area is 119 Å². The van der Waals surface area contributed by atoms with E-state index in [2.05, 4.69) is 26.5 Å². The van der Waals surface area contributed by atoms with Crippen LogP contribution in [-0.2, 0) is 9.47 Å². The molecule has 0 saturated heterocycles. The molecular formula is C12H11ClN2O5. The molecule has 106 valence electrons. The Bertz CT molecular complexity index is 606. The lowest BCUT2D eigenvalue weighted by Crippen LogP contribution is -2.16. The van der Waals surface area contributed by atoms with Crippen LogP contribution in [0.4, 0.5) is 0 Å². The van der Waals surface area contributed by atoms with Crippen LogP contribution < -0.4 is 0 Å². The zero-order valence-electron chi connectivity index (χ0n) is 10.9. The molecule has 1 heterocycles. The summed E-state index contributed by atoms with van der Waals surface area (Å²) in [5.74, 6) is 2.86. The van der Waals surface area contributed by atoms with E-state index in [1.54, 1.807) is 6.92 Å². The lowest BCUT2D eigenvalue weighted by Gasteiger charge is -2.04. The lowest BCUT2D eigenvalue weighted by atomic mass is 10.2. The van der Waals surface area contributed by atoms with E-state index < -0.39 is 23.3 Å². The van der Waals surface area contributed by atoms with E-state index in [-0.39, 0.29) is 17.0 Å². The Morgan fingerprint density at radius 2 is 1.95 bits per heavy atom. The number of carbonyl (C=O) groups excluding carboxylic acids is 1. The summed E-state index contributed by atoms with van der Waals surface area (Å²) in [4.78, 5) is 29.9. The molecule has 0 radical (unpaired) electrons. The van der Waals surface area contributed by atoms with Crippen LogP contribution in [0.2, 0.25) is 5.15 Å². The maximum atomic E-state index is 11.5. The standard InChI is InChI=1S/C12H11ClN2O5/c1-6(19-2)4-5-7-10(13)15-8(11(16)17)9(14-7)12(18)20-3/h6H,1-3H3,(H,16,17). The first kappa shape index (κ1) is 15.9. The smallest absolute Gasteiger partial charge is 0.359 e. The number of carbonyl (C=O) groups is 2. The second kappa shape index (κ2) is 6.84. The van der Waals surface area contributed by atoms with Gasteiger partial charge in [0.2, 0.25) is 0 Å². The number of esters is 1. The third-order valence-electron chi connectivity index (χ3n) is 2.18. The molecule has 20 heavy (non-hydrogen) atoms. The molecule has 0 fully saturated rings. The number of hydrogen-bond acceptors (Lipinski definition) is 6. The molecule has 1 N–H and O–H groups in total. The van der Waals surface area contributed by atoms with Crippen LogP contribution in [0.5, 0.6) is 0 Å². The highest BCUT2D eigenvalue weighted by atomic mass is 35.5. The van der Waals surface area contributed by atoms with Crippen molar-refractivity contribution >= 4 is 23.5 Å². The average Bonchev–Trinajstić information content (AvgIpc) is 2.44. The molecule has 0 saturated carbocycles. The molecule has 7 nitrogen and oxygen atoms in total. The van der Waals surface area contributed by atoms with E-state index in [1.165, 1.54) is 7.11 Å². The van der Waals surface area contributed by atoms with Crippen molar-refractivity contribution < 1.29 is 24.2 Å². The van der Waals surface area contributed by atoms with E-state index in [4.69, 9.17) is 21.4 Å². The maximum absolute atomic E-state index is 11.5. The minimum Gasteiger partial charge on any atom is -0.476 e. The van der Waals surface area contributed by atoms with E-state index in [1.807, 2.05) is 0 Å². The first-order valence-electron chi connectivity index (χ1n) is 5.34. The number of aromatic carboxylic acids is 1. The Hall–Kier alpha value is -2.17. The van der Waals surface area contributed by atoms with Gasteiger partial charge in [-0.15, -0.1) is 0 Å². The third-order valence-corrected chi connectivity index (χ3v) is 2.45. The number of ether oxygens (including phenoxy) is 2. The molecule has 8 heteroatoms. The predicted molar refractivity (Wildman–Crippen MR) is 68.7 cm³/mol. The van der Waals surface area contributed by atoms with E-state index in [9.17, 15) is 9.59 Å². The van der Waals surface area contributed by atoms with E-state index in [0.717, 1.165) is 7.11 Å². The molecule has 0 aliphatic carbocycles. The van der Waals surface area contributed by atoms with E-state index in [0.29, 0.717) is 0 Å². The number of nitrogens with zero attached hydrogens (tertiary/aromatic N) is 2. The molecule has 0 amide bonds. The van der Waals surface area contributed by atoms with Crippen molar-refractivity contribution in [2.24, 2.45) is 0 Å². The summed E-state index contributed by atoms with van der Waals surface area (Å²) in [6.45, 7) is 1.70. The summed E-state index contributed by atoms with van der Waals surface area (Å²) in [6, 6.07) is 0. The molecule has 1 aromatic heterocycles. The van der Waals surface area contributed by atoms with Crippen LogP contribution in [0.1, 0.15) is 33.6 Å². The summed E-state index contributed by atoms with van der Waals surface area (Å²) < 4.78 is 9.37. The van der Waals surface area contributed by atoms with Crippen LogP contribution in [0.15, 0.2) is 0 Å². The van der Waals surface area contributed by atoms with Crippen molar-refractivity contribution in [1.82, 2.24) is 9.97 Å². The van der Waals surface area contributed by atoms with Crippen molar-refractivity contribution in [3.8, 4) is 11.8 Å². The van der Waals surface area contributed by atoms with Gasteiger partial charge in [0.15, 0.2) is 22.2 Å².